The number of anilines is 2. The van der Waals surface area contributed by atoms with Crippen LogP contribution in [0.2, 0.25) is 0 Å². The third-order valence-corrected chi connectivity index (χ3v) is 8.77. The minimum atomic E-state index is -0.965. The van der Waals surface area contributed by atoms with E-state index in [0.29, 0.717) is 0 Å². The summed E-state index contributed by atoms with van der Waals surface area (Å²) in [6, 6.07) is 10.2. The van der Waals surface area contributed by atoms with E-state index in [1.54, 1.807) is 18.2 Å². The quantitative estimate of drug-likeness (QED) is 0.168. The van der Waals surface area contributed by atoms with Crippen LogP contribution >= 0.6 is 0 Å². The lowest BCUT2D eigenvalue weighted by Crippen LogP contribution is -2.54. The van der Waals surface area contributed by atoms with Gasteiger partial charge in [0.15, 0.2) is 0 Å². The number of nitrogens with one attached hydrogen (secondary N) is 3. The molecular weight excluding hydrogens is 586 g/mol. The Morgan fingerprint density at radius 1 is 0.957 bits per heavy atom. The van der Waals surface area contributed by atoms with Crippen LogP contribution in [0.5, 0.6) is 0 Å². The zero-order chi connectivity index (χ0) is 31.6. The summed E-state index contributed by atoms with van der Waals surface area (Å²) in [6.07, 6.45) is 9.91. The van der Waals surface area contributed by atoms with Crippen LogP contribution in [-0.4, -0.2) is 80.6 Å². The molecule has 7 rings (SSSR count). The normalized spacial score (nSPS) is 18.0. The Hall–Kier alpha value is -5.17. The first kappa shape index (κ1) is 29.5. The number of carbonyl (C=O) groups is 4. The summed E-state index contributed by atoms with van der Waals surface area (Å²) < 4.78 is 1.96. The number of carbonyl (C=O) groups excluding carboxylic acids is 4. The molecule has 2 aromatic carbocycles. The molecule has 3 N–H and O–H groups in total. The smallest absolute Gasteiger partial charge is 0.262 e. The van der Waals surface area contributed by atoms with Gasteiger partial charge in [0, 0.05) is 50.0 Å². The Morgan fingerprint density at radius 3 is 2.67 bits per heavy atom. The van der Waals surface area contributed by atoms with Gasteiger partial charge in [-0.25, -0.2) is 4.98 Å². The monoisotopic (exact) mass is 621 g/mol. The van der Waals surface area contributed by atoms with Crippen LogP contribution in [0.4, 0.5) is 11.4 Å². The zero-order valence-corrected chi connectivity index (χ0v) is 25.4. The molecular formula is C33H35N9O4. The van der Waals surface area contributed by atoms with Gasteiger partial charge in [-0.05, 0) is 49.6 Å². The molecule has 1 atom stereocenters. The maximum absolute atomic E-state index is 13.0. The molecule has 1 unspecified atom stereocenters. The molecule has 0 radical (unpaired) electrons. The summed E-state index contributed by atoms with van der Waals surface area (Å²) in [6.45, 7) is 4.25. The van der Waals surface area contributed by atoms with Crippen LogP contribution in [-0.2, 0) is 16.1 Å². The van der Waals surface area contributed by atoms with E-state index >= 15 is 0 Å². The predicted molar refractivity (Wildman–Crippen MR) is 171 cm³/mol. The fourth-order valence-corrected chi connectivity index (χ4v) is 6.31. The summed E-state index contributed by atoms with van der Waals surface area (Å²) in [4.78, 5) is 62.6. The minimum Gasteiger partial charge on any atom is -0.385 e. The molecule has 2 saturated heterocycles. The highest BCUT2D eigenvalue weighted by molar-refractivity contribution is 6.23. The third kappa shape index (κ3) is 5.81. The zero-order valence-electron chi connectivity index (χ0n) is 25.4. The average molecular weight is 622 g/mol. The number of aromatic nitrogens is 4. The Morgan fingerprint density at radius 2 is 1.83 bits per heavy atom. The molecule has 0 bridgehead atoms. The van der Waals surface area contributed by atoms with Gasteiger partial charge in [-0.1, -0.05) is 18.9 Å². The molecule has 4 amide bonds. The third-order valence-electron chi connectivity index (χ3n) is 8.77. The van der Waals surface area contributed by atoms with Gasteiger partial charge >= 0.3 is 0 Å². The van der Waals surface area contributed by atoms with Crippen LogP contribution in [0, 0.1) is 0 Å². The first-order chi connectivity index (χ1) is 22.5. The largest absolute Gasteiger partial charge is 0.385 e. The summed E-state index contributed by atoms with van der Waals surface area (Å²) in [5.74, 6) is -2.01. The highest BCUT2D eigenvalue weighted by Crippen LogP contribution is 2.30. The Bertz CT molecular complexity index is 1830. The van der Waals surface area contributed by atoms with Gasteiger partial charge in [-0.2, -0.15) is 5.10 Å². The van der Waals surface area contributed by atoms with Crippen LogP contribution in [0.3, 0.4) is 0 Å². The van der Waals surface area contributed by atoms with Crippen molar-refractivity contribution < 1.29 is 19.2 Å². The number of amides is 4. The number of para-hydroxylation sites is 1. The van der Waals surface area contributed by atoms with Crippen molar-refractivity contribution in [3.63, 3.8) is 0 Å². The predicted octanol–water partition coefficient (Wildman–Crippen LogP) is 2.93. The lowest BCUT2D eigenvalue weighted by molar-refractivity contribution is -0.136. The number of hydrogen-bond donors (Lipinski definition) is 3. The van der Waals surface area contributed by atoms with Crippen LogP contribution in [0.15, 0.2) is 55.0 Å². The van der Waals surface area contributed by atoms with E-state index in [-0.39, 0.29) is 24.0 Å². The summed E-state index contributed by atoms with van der Waals surface area (Å²) >= 11 is 0. The van der Waals surface area contributed by atoms with Crippen LogP contribution in [0.1, 0.15) is 59.2 Å². The average Bonchev–Trinajstić information content (AvgIpc) is 3.82. The fourth-order valence-electron chi connectivity index (χ4n) is 6.31. The van der Waals surface area contributed by atoms with Crippen molar-refractivity contribution in [1.82, 2.24) is 35.3 Å². The van der Waals surface area contributed by atoms with Crippen molar-refractivity contribution >= 4 is 46.0 Å². The second-order valence-corrected chi connectivity index (χ2v) is 11.9. The Labute approximate surface area is 265 Å². The number of hydrogen-bond acceptors (Lipinski definition) is 10. The van der Waals surface area contributed by atoms with E-state index < -0.39 is 29.7 Å². The molecule has 0 saturated carbocycles. The van der Waals surface area contributed by atoms with E-state index in [1.807, 2.05) is 35.4 Å². The molecule has 3 aliphatic rings. The summed E-state index contributed by atoms with van der Waals surface area (Å²) in [7, 11) is 0. The number of benzene rings is 2. The van der Waals surface area contributed by atoms with Crippen molar-refractivity contribution in [2.45, 2.75) is 51.1 Å². The Balaban J connectivity index is 0.871. The topological polar surface area (TPSA) is 154 Å². The standard InChI is InChI=1S/C33H35N9O4/c43-29-11-10-28(31(44)39-29)42-32(45)23-9-8-22(16-24(23)33(42)46)35-12-3-1-2-4-14-41-19-21(17-37-41)26-18-36-25-6-5-7-27(30(25)38-26)40-15-13-34-20-40/h5-9,16-19,28,34-35H,1-4,10-15,20H2,(H,39,43,44). The van der Waals surface area contributed by atoms with E-state index in [1.165, 1.54) is 0 Å². The van der Waals surface area contributed by atoms with Crippen molar-refractivity contribution in [3.8, 4) is 11.3 Å². The van der Waals surface area contributed by atoms with Gasteiger partial charge in [0.25, 0.3) is 11.8 Å². The highest BCUT2D eigenvalue weighted by atomic mass is 16.2. The molecule has 0 aliphatic carbocycles. The number of aryl methyl sites for hydroxylation is 1. The first-order valence-corrected chi connectivity index (χ1v) is 15.8. The van der Waals surface area contributed by atoms with Gasteiger partial charge in [-0.15, -0.1) is 0 Å². The number of unbranched alkanes of at least 4 members (excludes halogenated alkanes) is 3. The van der Waals surface area contributed by atoms with Crippen molar-refractivity contribution in [1.29, 1.82) is 0 Å². The van der Waals surface area contributed by atoms with Gasteiger partial charge in [0.1, 0.15) is 11.6 Å². The molecule has 5 heterocycles. The number of rotatable bonds is 11. The second-order valence-electron chi connectivity index (χ2n) is 11.9. The second kappa shape index (κ2) is 12.7. The van der Waals surface area contributed by atoms with Gasteiger partial charge in [0.2, 0.25) is 11.8 Å². The molecule has 2 aromatic heterocycles. The maximum atomic E-state index is 13.0. The van der Waals surface area contributed by atoms with E-state index in [2.05, 4.69) is 37.0 Å². The lowest BCUT2D eigenvalue weighted by atomic mass is 10.0. The molecule has 3 aliphatic heterocycles. The van der Waals surface area contributed by atoms with Crippen molar-refractivity contribution in [3.05, 3.63) is 66.1 Å². The van der Waals surface area contributed by atoms with Crippen LogP contribution in [0.25, 0.3) is 22.3 Å². The number of imide groups is 2. The van der Waals surface area contributed by atoms with Gasteiger partial charge in [-0.3, -0.25) is 44.4 Å². The van der Waals surface area contributed by atoms with Crippen LogP contribution < -0.4 is 20.9 Å². The molecule has 2 fully saturated rings. The maximum Gasteiger partial charge on any atom is 0.262 e. The highest BCUT2D eigenvalue weighted by Gasteiger charge is 2.44. The van der Waals surface area contributed by atoms with Gasteiger partial charge in [0.05, 0.1) is 47.1 Å². The molecule has 13 nitrogen and oxygen atoms in total. The Kier molecular flexibility index (Phi) is 8.14. The molecule has 0 spiro atoms. The summed E-state index contributed by atoms with van der Waals surface area (Å²) in [5.41, 5.74) is 5.93. The first-order valence-electron chi connectivity index (χ1n) is 15.8. The molecule has 4 aromatic rings. The minimum absolute atomic E-state index is 0.0955. The molecule has 13 heteroatoms. The summed E-state index contributed by atoms with van der Waals surface area (Å²) in [5, 5.41) is 13.5. The number of nitrogens with zero attached hydrogens (tertiary/aromatic N) is 6. The van der Waals surface area contributed by atoms with Crippen molar-refractivity contribution in [2.75, 3.05) is 36.5 Å². The molecule has 46 heavy (non-hydrogen) atoms. The SMILES string of the molecule is O=C1CCC(N2C(=O)c3ccc(NCCCCCCn4cc(-c5cnc6cccc(N7CCNC7)c6n5)cn4)cc3C2=O)C(=O)N1. The molecule has 236 valence electrons. The fraction of sp³-hybridized carbons (Fsp3) is 0.364. The van der Waals surface area contributed by atoms with E-state index in [0.717, 1.165) is 97.1 Å². The van der Waals surface area contributed by atoms with E-state index in [4.69, 9.17) is 4.98 Å². The van der Waals surface area contributed by atoms with Gasteiger partial charge < -0.3 is 10.2 Å². The van der Waals surface area contributed by atoms with E-state index in [9.17, 15) is 19.2 Å². The van der Waals surface area contributed by atoms with Crippen molar-refractivity contribution in [2.24, 2.45) is 0 Å². The number of fused-ring (bicyclic) bond motifs is 2. The lowest BCUT2D eigenvalue weighted by Gasteiger charge is -2.27. The number of piperidine rings is 1.